The first-order valence-corrected chi connectivity index (χ1v) is 7.79. The Bertz CT molecular complexity index is 826. The van der Waals surface area contributed by atoms with Crippen LogP contribution in [0.25, 0.3) is 11.0 Å². The molecule has 2 aromatic rings. The zero-order valence-corrected chi connectivity index (χ0v) is 14.8. The Kier molecular flexibility index (Phi) is 4.82. The summed E-state index contributed by atoms with van der Waals surface area (Å²) in [5.74, 6) is -0.527. The van der Waals surface area contributed by atoms with E-state index >= 15 is 0 Å². The minimum absolute atomic E-state index is 0.0460. The number of imidazole rings is 1. The van der Waals surface area contributed by atoms with E-state index in [1.807, 2.05) is 39.0 Å². The first-order chi connectivity index (χ1) is 11.1. The van der Waals surface area contributed by atoms with Crippen molar-refractivity contribution < 1.29 is 9.59 Å². The van der Waals surface area contributed by atoms with Gasteiger partial charge in [-0.15, -0.1) is 0 Å². The van der Waals surface area contributed by atoms with Crippen molar-refractivity contribution in [2.45, 2.75) is 32.9 Å². The number of amides is 2. The van der Waals surface area contributed by atoms with E-state index in [0.717, 1.165) is 5.52 Å². The Morgan fingerprint density at radius 1 is 1.17 bits per heavy atom. The van der Waals surface area contributed by atoms with Crippen LogP contribution in [0, 0.1) is 0 Å². The molecule has 2 rings (SSSR count). The minimum atomic E-state index is -0.354. The van der Waals surface area contributed by atoms with E-state index in [4.69, 9.17) is 0 Å². The third kappa shape index (κ3) is 3.84. The predicted octanol–water partition coefficient (Wildman–Crippen LogP) is 0.713. The van der Waals surface area contributed by atoms with Gasteiger partial charge in [0.15, 0.2) is 0 Å². The van der Waals surface area contributed by atoms with Crippen LogP contribution in [-0.4, -0.2) is 45.0 Å². The second kappa shape index (κ2) is 6.51. The van der Waals surface area contributed by atoms with Crippen LogP contribution in [-0.2, 0) is 23.2 Å². The van der Waals surface area contributed by atoms with Gasteiger partial charge in [-0.2, -0.15) is 0 Å². The number of carbonyl (C=O) groups is 2. The number of benzene rings is 1. The van der Waals surface area contributed by atoms with Gasteiger partial charge in [-0.3, -0.25) is 18.7 Å². The summed E-state index contributed by atoms with van der Waals surface area (Å²) in [5.41, 5.74) is 0.861. The van der Waals surface area contributed by atoms with Gasteiger partial charge in [0, 0.05) is 19.6 Å². The Morgan fingerprint density at radius 3 is 2.33 bits per heavy atom. The van der Waals surface area contributed by atoms with Gasteiger partial charge in [0.05, 0.1) is 17.6 Å². The molecule has 0 aliphatic heterocycles. The number of aromatic nitrogens is 2. The van der Waals surface area contributed by atoms with Crippen LogP contribution in [0.2, 0.25) is 0 Å². The number of hydrogen-bond donors (Lipinski definition) is 1. The van der Waals surface area contributed by atoms with Crippen molar-refractivity contribution >= 4 is 22.8 Å². The first kappa shape index (κ1) is 17.8. The Balaban J connectivity index is 2.14. The molecule has 2 amide bonds. The fraction of sp³-hybridized carbons (Fsp3) is 0.471. The zero-order valence-electron chi connectivity index (χ0n) is 14.8. The maximum absolute atomic E-state index is 12.4. The highest BCUT2D eigenvalue weighted by molar-refractivity contribution is 5.86. The quantitative estimate of drug-likeness (QED) is 0.896. The molecule has 0 aliphatic rings. The monoisotopic (exact) mass is 332 g/mol. The molecule has 0 radical (unpaired) electrons. The van der Waals surface area contributed by atoms with Crippen LogP contribution < -0.4 is 11.0 Å². The van der Waals surface area contributed by atoms with Gasteiger partial charge in [0.25, 0.3) is 0 Å². The number of rotatable bonds is 4. The maximum atomic E-state index is 12.4. The first-order valence-electron chi connectivity index (χ1n) is 7.79. The Morgan fingerprint density at radius 2 is 1.75 bits per heavy atom. The number of carbonyl (C=O) groups excluding carboxylic acids is 2. The predicted molar refractivity (Wildman–Crippen MR) is 92.7 cm³/mol. The molecule has 0 spiro atoms. The van der Waals surface area contributed by atoms with Gasteiger partial charge in [0.2, 0.25) is 11.8 Å². The van der Waals surface area contributed by atoms with Crippen molar-refractivity contribution in [2.75, 3.05) is 13.6 Å². The van der Waals surface area contributed by atoms with E-state index < -0.39 is 0 Å². The van der Waals surface area contributed by atoms with E-state index in [9.17, 15) is 14.4 Å². The highest BCUT2D eigenvalue weighted by Crippen LogP contribution is 2.11. The standard InChI is InChI=1S/C17H24N4O3/c1-17(2,3)18-14(22)10-19(4)15(23)11-21-13-9-7-6-8-12(13)20(5)16(21)24/h6-9H,10-11H2,1-5H3,(H,18,22). The van der Waals surface area contributed by atoms with E-state index in [-0.39, 0.29) is 36.1 Å². The smallest absolute Gasteiger partial charge is 0.329 e. The molecule has 0 atom stereocenters. The minimum Gasteiger partial charge on any atom is -0.350 e. The van der Waals surface area contributed by atoms with Crippen molar-refractivity contribution in [1.82, 2.24) is 19.4 Å². The topological polar surface area (TPSA) is 76.3 Å². The summed E-state index contributed by atoms with van der Waals surface area (Å²) < 4.78 is 2.94. The lowest BCUT2D eigenvalue weighted by atomic mass is 10.1. The van der Waals surface area contributed by atoms with Crippen LogP contribution in [0.4, 0.5) is 0 Å². The molecule has 24 heavy (non-hydrogen) atoms. The van der Waals surface area contributed by atoms with Crippen molar-refractivity contribution in [3.63, 3.8) is 0 Å². The highest BCUT2D eigenvalue weighted by atomic mass is 16.2. The van der Waals surface area contributed by atoms with Crippen LogP contribution in [0.3, 0.4) is 0 Å². The van der Waals surface area contributed by atoms with Gasteiger partial charge in [-0.1, -0.05) is 12.1 Å². The number of fused-ring (bicyclic) bond motifs is 1. The molecule has 0 saturated carbocycles. The Hall–Kier alpha value is -2.57. The van der Waals surface area contributed by atoms with E-state index in [1.165, 1.54) is 14.0 Å². The summed E-state index contributed by atoms with van der Waals surface area (Å²) in [7, 11) is 3.23. The molecule has 0 aliphatic carbocycles. The molecule has 7 heteroatoms. The van der Waals surface area contributed by atoms with E-state index in [0.29, 0.717) is 5.52 Å². The van der Waals surface area contributed by atoms with Crippen LogP contribution in [0.5, 0.6) is 0 Å². The van der Waals surface area contributed by atoms with Crippen LogP contribution in [0.1, 0.15) is 20.8 Å². The number of hydrogen-bond acceptors (Lipinski definition) is 3. The van der Waals surface area contributed by atoms with Gasteiger partial charge < -0.3 is 10.2 Å². The van der Waals surface area contributed by atoms with Gasteiger partial charge in [0.1, 0.15) is 6.54 Å². The number of nitrogens with one attached hydrogen (secondary N) is 1. The summed E-state index contributed by atoms with van der Waals surface area (Å²) in [6.45, 7) is 5.49. The zero-order chi connectivity index (χ0) is 18.1. The molecule has 7 nitrogen and oxygen atoms in total. The molecule has 0 saturated heterocycles. The molecule has 0 unspecified atom stereocenters. The molecular weight excluding hydrogens is 308 g/mol. The van der Waals surface area contributed by atoms with Crippen molar-refractivity contribution in [3.8, 4) is 0 Å². The summed E-state index contributed by atoms with van der Waals surface area (Å²) in [5, 5.41) is 2.81. The number of para-hydroxylation sites is 2. The lowest BCUT2D eigenvalue weighted by Gasteiger charge is -2.23. The third-order valence-electron chi connectivity index (χ3n) is 3.67. The van der Waals surface area contributed by atoms with Gasteiger partial charge in [-0.25, -0.2) is 4.79 Å². The molecule has 1 N–H and O–H groups in total. The molecule has 1 aromatic heterocycles. The number of aryl methyl sites for hydroxylation is 1. The molecule has 130 valence electrons. The number of nitrogens with zero attached hydrogens (tertiary/aromatic N) is 3. The summed E-state index contributed by atoms with van der Waals surface area (Å²) >= 11 is 0. The fourth-order valence-corrected chi connectivity index (χ4v) is 2.53. The summed E-state index contributed by atoms with van der Waals surface area (Å²) in [4.78, 5) is 38.0. The second-order valence-electron chi connectivity index (χ2n) is 6.96. The van der Waals surface area contributed by atoms with E-state index in [2.05, 4.69) is 5.32 Å². The maximum Gasteiger partial charge on any atom is 0.329 e. The SMILES string of the molecule is CN(CC(=O)NC(C)(C)C)C(=O)Cn1c(=O)n(C)c2ccccc21. The van der Waals surface area contributed by atoms with Crippen molar-refractivity contribution in [1.29, 1.82) is 0 Å². The average Bonchev–Trinajstić information content (AvgIpc) is 2.70. The number of likely N-dealkylation sites (N-methyl/N-ethyl adjacent to an activating group) is 1. The lowest BCUT2D eigenvalue weighted by molar-refractivity contribution is -0.135. The molecule has 1 aromatic carbocycles. The third-order valence-corrected chi connectivity index (χ3v) is 3.67. The molecule has 1 heterocycles. The largest absolute Gasteiger partial charge is 0.350 e. The highest BCUT2D eigenvalue weighted by Gasteiger charge is 2.19. The summed E-state index contributed by atoms with van der Waals surface area (Å²) in [6, 6.07) is 7.30. The average molecular weight is 332 g/mol. The van der Waals surface area contributed by atoms with Crippen LogP contribution >= 0.6 is 0 Å². The second-order valence-corrected chi connectivity index (χ2v) is 6.96. The molecule has 0 bridgehead atoms. The Labute approximate surface area is 140 Å². The molecule has 0 fully saturated rings. The van der Waals surface area contributed by atoms with Crippen LogP contribution in [0.15, 0.2) is 29.1 Å². The lowest BCUT2D eigenvalue weighted by Crippen LogP contribution is -2.47. The van der Waals surface area contributed by atoms with Gasteiger partial charge >= 0.3 is 5.69 Å². The van der Waals surface area contributed by atoms with Crippen molar-refractivity contribution in [3.05, 3.63) is 34.7 Å². The summed E-state index contributed by atoms with van der Waals surface area (Å²) in [6.07, 6.45) is 0. The fourth-order valence-electron chi connectivity index (χ4n) is 2.53. The normalized spacial score (nSPS) is 11.5. The molecular formula is C17H24N4O3. The van der Waals surface area contributed by atoms with E-state index in [1.54, 1.807) is 20.2 Å². The van der Waals surface area contributed by atoms with Gasteiger partial charge in [-0.05, 0) is 32.9 Å². The van der Waals surface area contributed by atoms with Crippen molar-refractivity contribution in [2.24, 2.45) is 7.05 Å².